The molecule has 3 rings (SSSR count). The van der Waals surface area contributed by atoms with E-state index in [0.29, 0.717) is 34.6 Å². The van der Waals surface area contributed by atoms with E-state index < -0.39 is 9.84 Å². The van der Waals surface area contributed by atoms with Crippen molar-refractivity contribution in [1.29, 1.82) is 0 Å². The first-order valence-electron chi connectivity index (χ1n) is 10.2. The molecule has 2 aromatic carbocycles. The molecule has 0 fully saturated rings. The Balaban J connectivity index is 1.75. The molecule has 1 amide bonds. The van der Waals surface area contributed by atoms with Crippen molar-refractivity contribution in [2.45, 2.75) is 43.6 Å². The Hall–Kier alpha value is -2.35. The summed E-state index contributed by atoms with van der Waals surface area (Å²) in [5.41, 5.74) is 1.36. The van der Waals surface area contributed by atoms with Gasteiger partial charge in [-0.3, -0.25) is 4.79 Å². The van der Waals surface area contributed by atoms with Crippen LogP contribution in [0.25, 0.3) is 10.9 Å². The molecule has 3 aromatic rings. The number of carbonyl (C=O) groups excluding carboxylic acids is 1. The minimum atomic E-state index is -3.61. The number of para-hydroxylation sites is 1. The van der Waals surface area contributed by atoms with E-state index in [1.54, 1.807) is 47.2 Å². The molecule has 0 aliphatic rings. The van der Waals surface area contributed by atoms with Gasteiger partial charge in [0.05, 0.1) is 16.8 Å². The molecule has 0 unspecified atom stereocenters. The Labute approximate surface area is 188 Å². The summed E-state index contributed by atoms with van der Waals surface area (Å²) >= 11 is 5.90. The standard InChI is InChI=1S/C23H27ClN2O4S/c1-17(2)30-13-5-12-25-23(27)15-26-14-22(20-6-3-4-7-21(20)26)31(28,29)16-18-8-10-19(24)11-9-18/h3-4,6-11,14,17H,5,12-13,15-16H2,1-2H3,(H,25,27). The maximum atomic E-state index is 13.1. The van der Waals surface area contributed by atoms with Crippen LogP contribution in [-0.2, 0) is 31.7 Å². The normalized spacial score (nSPS) is 11.9. The van der Waals surface area contributed by atoms with Crippen LogP contribution in [0.3, 0.4) is 0 Å². The second-order valence-corrected chi connectivity index (χ2v) is 10.0. The number of benzene rings is 2. The van der Waals surface area contributed by atoms with Gasteiger partial charge in [-0.25, -0.2) is 8.42 Å². The van der Waals surface area contributed by atoms with Crippen LogP contribution in [0.1, 0.15) is 25.8 Å². The van der Waals surface area contributed by atoms with E-state index in [9.17, 15) is 13.2 Å². The summed E-state index contributed by atoms with van der Waals surface area (Å²) in [4.78, 5) is 12.6. The van der Waals surface area contributed by atoms with Gasteiger partial charge in [-0.05, 0) is 44.0 Å². The van der Waals surface area contributed by atoms with Crippen LogP contribution in [0.15, 0.2) is 59.6 Å². The van der Waals surface area contributed by atoms with Crippen LogP contribution in [0.4, 0.5) is 0 Å². The SMILES string of the molecule is CC(C)OCCCNC(=O)Cn1cc(S(=O)(=O)Cc2ccc(Cl)cc2)c2ccccc21. The number of nitrogens with one attached hydrogen (secondary N) is 1. The zero-order valence-corrected chi connectivity index (χ0v) is 19.2. The zero-order chi connectivity index (χ0) is 22.4. The summed E-state index contributed by atoms with van der Waals surface area (Å²) in [5.74, 6) is -0.313. The fourth-order valence-electron chi connectivity index (χ4n) is 3.30. The molecule has 1 N–H and O–H groups in total. The average molecular weight is 463 g/mol. The van der Waals surface area contributed by atoms with Crippen molar-refractivity contribution in [2.75, 3.05) is 13.2 Å². The van der Waals surface area contributed by atoms with E-state index in [4.69, 9.17) is 16.3 Å². The number of aromatic nitrogens is 1. The van der Waals surface area contributed by atoms with E-state index in [-0.39, 0.29) is 29.2 Å². The van der Waals surface area contributed by atoms with Crippen molar-refractivity contribution in [2.24, 2.45) is 0 Å². The van der Waals surface area contributed by atoms with Gasteiger partial charge in [0, 0.05) is 35.3 Å². The van der Waals surface area contributed by atoms with Gasteiger partial charge in [0.25, 0.3) is 0 Å². The molecular formula is C23H27ClN2O4S. The quantitative estimate of drug-likeness (QED) is 0.458. The number of halogens is 1. The van der Waals surface area contributed by atoms with Crippen LogP contribution >= 0.6 is 11.6 Å². The van der Waals surface area contributed by atoms with Gasteiger partial charge in [-0.15, -0.1) is 0 Å². The zero-order valence-electron chi connectivity index (χ0n) is 17.7. The molecule has 31 heavy (non-hydrogen) atoms. The van der Waals surface area contributed by atoms with Gasteiger partial charge >= 0.3 is 0 Å². The van der Waals surface area contributed by atoms with Crippen LogP contribution < -0.4 is 5.32 Å². The summed E-state index contributed by atoms with van der Waals surface area (Å²) in [6, 6.07) is 14.0. The predicted molar refractivity (Wildman–Crippen MR) is 123 cm³/mol. The molecule has 166 valence electrons. The first-order chi connectivity index (χ1) is 14.8. The number of nitrogens with zero attached hydrogens (tertiary/aromatic N) is 1. The number of ether oxygens (including phenoxy) is 1. The Bertz CT molecular complexity index is 1140. The third kappa shape index (κ3) is 6.32. The maximum absolute atomic E-state index is 13.1. The molecule has 0 saturated carbocycles. The van der Waals surface area contributed by atoms with Crippen molar-refractivity contribution >= 4 is 38.2 Å². The van der Waals surface area contributed by atoms with Crippen molar-refractivity contribution in [3.63, 3.8) is 0 Å². The van der Waals surface area contributed by atoms with Gasteiger partial charge in [0.2, 0.25) is 5.91 Å². The predicted octanol–water partition coefficient (Wildman–Crippen LogP) is 4.20. The maximum Gasteiger partial charge on any atom is 0.239 e. The summed E-state index contributed by atoms with van der Waals surface area (Å²) in [6.07, 6.45) is 2.43. The van der Waals surface area contributed by atoms with Gasteiger partial charge in [-0.1, -0.05) is 41.9 Å². The molecule has 0 bridgehead atoms. The Kier molecular flexibility index (Phi) is 7.75. The number of hydrogen-bond donors (Lipinski definition) is 1. The summed E-state index contributed by atoms with van der Waals surface area (Å²) in [6.45, 7) is 5.06. The lowest BCUT2D eigenvalue weighted by molar-refractivity contribution is -0.121. The van der Waals surface area contributed by atoms with E-state index in [1.807, 2.05) is 26.0 Å². The summed E-state index contributed by atoms with van der Waals surface area (Å²) in [7, 11) is -3.61. The van der Waals surface area contributed by atoms with Crippen LogP contribution in [0, 0.1) is 0 Å². The average Bonchev–Trinajstić information content (AvgIpc) is 3.08. The second-order valence-electron chi connectivity index (χ2n) is 7.65. The van der Waals surface area contributed by atoms with Gasteiger partial charge in [-0.2, -0.15) is 0 Å². The largest absolute Gasteiger partial charge is 0.379 e. The minimum absolute atomic E-state index is 0.0437. The van der Waals surface area contributed by atoms with Gasteiger partial charge in [0.1, 0.15) is 6.54 Å². The summed E-state index contributed by atoms with van der Waals surface area (Å²) < 4.78 is 33.4. The van der Waals surface area contributed by atoms with E-state index in [0.717, 1.165) is 6.42 Å². The Morgan fingerprint density at radius 1 is 1.13 bits per heavy atom. The van der Waals surface area contributed by atoms with E-state index >= 15 is 0 Å². The minimum Gasteiger partial charge on any atom is -0.379 e. The van der Waals surface area contributed by atoms with E-state index in [2.05, 4.69) is 5.32 Å². The molecule has 1 aromatic heterocycles. The summed E-state index contributed by atoms with van der Waals surface area (Å²) in [5, 5.41) is 4.02. The topological polar surface area (TPSA) is 77.4 Å². The Morgan fingerprint density at radius 2 is 1.84 bits per heavy atom. The first kappa shape index (κ1) is 23.3. The van der Waals surface area contributed by atoms with Crippen molar-refractivity contribution in [3.05, 3.63) is 65.3 Å². The van der Waals surface area contributed by atoms with Crippen LogP contribution in [0.5, 0.6) is 0 Å². The molecule has 6 nitrogen and oxygen atoms in total. The molecule has 0 radical (unpaired) electrons. The lowest BCUT2D eigenvalue weighted by Gasteiger charge is -2.09. The highest BCUT2D eigenvalue weighted by Gasteiger charge is 2.22. The first-order valence-corrected chi connectivity index (χ1v) is 12.2. The monoisotopic (exact) mass is 462 g/mol. The number of amides is 1. The number of carbonyl (C=O) groups is 1. The second kappa shape index (κ2) is 10.3. The number of hydrogen-bond acceptors (Lipinski definition) is 4. The smallest absolute Gasteiger partial charge is 0.239 e. The van der Waals surface area contributed by atoms with Crippen molar-refractivity contribution < 1.29 is 17.9 Å². The fourth-order valence-corrected chi connectivity index (χ4v) is 5.01. The van der Waals surface area contributed by atoms with Crippen LogP contribution in [0.2, 0.25) is 5.02 Å². The van der Waals surface area contributed by atoms with Crippen molar-refractivity contribution in [3.8, 4) is 0 Å². The lowest BCUT2D eigenvalue weighted by atomic mass is 10.2. The third-order valence-electron chi connectivity index (χ3n) is 4.77. The highest BCUT2D eigenvalue weighted by molar-refractivity contribution is 7.90. The molecule has 0 spiro atoms. The molecule has 0 atom stereocenters. The highest BCUT2D eigenvalue weighted by atomic mass is 35.5. The molecule has 0 saturated heterocycles. The molecule has 0 aliphatic heterocycles. The Morgan fingerprint density at radius 3 is 2.55 bits per heavy atom. The fraction of sp³-hybridized carbons (Fsp3) is 0.348. The van der Waals surface area contributed by atoms with Gasteiger partial charge < -0.3 is 14.6 Å². The number of rotatable bonds is 10. The lowest BCUT2D eigenvalue weighted by Crippen LogP contribution is -2.29. The number of fused-ring (bicyclic) bond motifs is 1. The molecule has 1 heterocycles. The third-order valence-corrected chi connectivity index (χ3v) is 6.73. The van der Waals surface area contributed by atoms with E-state index in [1.165, 1.54) is 0 Å². The highest BCUT2D eigenvalue weighted by Crippen LogP contribution is 2.28. The van der Waals surface area contributed by atoms with Gasteiger partial charge in [0.15, 0.2) is 9.84 Å². The molecule has 0 aliphatic carbocycles. The van der Waals surface area contributed by atoms with Crippen molar-refractivity contribution in [1.82, 2.24) is 9.88 Å². The number of sulfone groups is 1. The molecular weight excluding hydrogens is 436 g/mol. The van der Waals surface area contributed by atoms with Crippen LogP contribution in [-0.4, -0.2) is 38.1 Å². The molecule has 8 heteroatoms.